The maximum Gasteiger partial charge on any atom is 0.348 e. The minimum absolute atomic E-state index is 0.00166. The van der Waals surface area contributed by atoms with Gasteiger partial charge in [0.25, 0.3) is 5.91 Å². The summed E-state index contributed by atoms with van der Waals surface area (Å²) in [5, 5.41) is 4.05. The zero-order valence-electron chi connectivity index (χ0n) is 11.3. The molecule has 1 amide bonds. The van der Waals surface area contributed by atoms with Gasteiger partial charge in [-0.1, -0.05) is 18.2 Å². The van der Waals surface area contributed by atoms with Gasteiger partial charge in [0, 0.05) is 25.9 Å². The van der Waals surface area contributed by atoms with Gasteiger partial charge < -0.3 is 4.90 Å². The number of para-hydroxylation sites is 1. The normalized spacial score (nSPS) is 15.2. The summed E-state index contributed by atoms with van der Waals surface area (Å²) in [7, 11) is 0. The third kappa shape index (κ3) is 2.62. The Morgan fingerprint density at radius 2 is 1.76 bits per heavy atom. The summed E-state index contributed by atoms with van der Waals surface area (Å²) >= 11 is 0. The Labute approximate surface area is 120 Å². The van der Waals surface area contributed by atoms with E-state index in [0.717, 1.165) is 4.68 Å². The molecule has 7 heteroatoms. The van der Waals surface area contributed by atoms with E-state index in [-0.39, 0.29) is 17.5 Å². The number of benzene rings is 1. The first-order valence-corrected chi connectivity index (χ1v) is 6.71. The highest BCUT2D eigenvalue weighted by Crippen LogP contribution is 2.09. The van der Waals surface area contributed by atoms with Crippen molar-refractivity contribution in [3.05, 3.63) is 46.6 Å². The average molecular weight is 286 g/mol. The van der Waals surface area contributed by atoms with Crippen LogP contribution in [0, 0.1) is 0 Å². The number of ketones is 1. The van der Waals surface area contributed by atoms with E-state index in [2.05, 4.69) is 10.1 Å². The number of piperidine rings is 1. The van der Waals surface area contributed by atoms with Gasteiger partial charge in [-0.25, -0.2) is 4.79 Å². The second-order valence-corrected chi connectivity index (χ2v) is 4.86. The van der Waals surface area contributed by atoms with Crippen LogP contribution >= 0.6 is 0 Å². The fourth-order valence-corrected chi connectivity index (χ4v) is 2.27. The van der Waals surface area contributed by atoms with Crippen molar-refractivity contribution in [2.45, 2.75) is 12.8 Å². The van der Waals surface area contributed by atoms with Crippen LogP contribution in [0.15, 0.2) is 35.1 Å². The highest BCUT2D eigenvalue weighted by molar-refractivity contribution is 5.92. The first kappa shape index (κ1) is 13.3. The van der Waals surface area contributed by atoms with Gasteiger partial charge in [-0.05, 0) is 12.1 Å². The monoisotopic (exact) mass is 286 g/mol. The number of aromatic amines is 1. The molecule has 1 fully saturated rings. The van der Waals surface area contributed by atoms with Crippen molar-refractivity contribution >= 4 is 11.7 Å². The molecule has 0 radical (unpaired) electrons. The Morgan fingerprint density at radius 3 is 2.43 bits per heavy atom. The van der Waals surface area contributed by atoms with Crippen molar-refractivity contribution in [2.75, 3.05) is 13.1 Å². The van der Waals surface area contributed by atoms with Crippen LogP contribution in [-0.2, 0) is 4.79 Å². The number of H-pyrrole nitrogens is 1. The predicted octanol–water partition coefficient (Wildman–Crippen LogP) is 0.366. The molecule has 1 aliphatic heterocycles. The third-order valence-electron chi connectivity index (χ3n) is 3.43. The molecule has 1 N–H and O–H groups in total. The largest absolute Gasteiger partial charge is 0.348 e. The van der Waals surface area contributed by atoms with Crippen LogP contribution in [0.5, 0.6) is 0 Å². The van der Waals surface area contributed by atoms with E-state index in [1.54, 1.807) is 24.3 Å². The first-order chi connectivity index (χ1) is 10.1. The maximum atomic E-state index is 12.3. The topological polar surface area (TPSA) is 88.1 Å². The molecule has 1 saturated heterocycles. The first-order valence-electron chi connectivity index (χ1n) is 6.71. The molecule has 1 aliphatic rings. The van der Waals surface area contributed by atoms with Crippen molar-refractivity contribution in [2.24, 2.45) is 0 Å². The van der Waals surface area contributed by atoms with Gasteiger partial charge in [-0.3, -0.25) is 14.6 Å². The van der Waals surface area contributed by atoms with Crippen LogP contribution in [0.25, 0.3) is 5.69 Å². The van der Waals surface area contributed by atoms with Gasteiger partial charge in [0.15, 0.2) is 0 Å². The zero-order valence-corrected chi connectivity index (χ0v) is 11.3. The smallest absolute Gasteiger partial charge is 0.335 e. The number of aromatic nitrogens is 3. The van der Waals surface area contributed by atoms with Gasteiger partial charge in [-0.15, -0.1) is 5.10 Å². The van der Waals surface area contributed by atoms with E-state index in [4.69, 9.17) is 0 Å². The van der Waals surface area contributed by atoms with Crippen molar-refractivity contribution < 1.29 is 9.59 Å². The van der Waals surface area contributed by atoms with E-state index in [1.165, 1.54) is 4.90 Å². The molecular weight excluding hydrogens is 272 g/mol. The van der Waals surface area contributed by atoms with Crippen molar-refractivity contribution in [1.82, 2.24) is 19.7 Å². The van der Waals surface area contributed by atoms with Crippen LogP contribution in [0.2, 0.25) is 0 Å². The Morgan fingerprint density at radius 1 is 1.10 bits per heavy atom. The van der Waals surface area contributed by atoms with Gasteiger partial charge in [0.05, 0.1) is 5.69 Å². The molecule has 21 heavy (non-hydrogen) atoms. The molecule has 0 unspecified atom stereocenters. The fraction of sp³-hybridized carbons (Fsp3) is 0.286. The number of likely N-dealkylation sites (tertiary alicyclic amines) is 1. The highest BCUT2D eigenvalue weighted by Gasteiger charge is 2.24. The number of amides is 1. The van der Waals surface area contributed by atoms with Crippen LogP contribution in [0.4, 0.5) is 0 Å². The lowest BCUT2D eigenvalue weighted by molar-refractivity contribution is -0.120. The SMILES string of the molecule is O=C1CCN(C(=O)c2nn(-c3ccccc3)c(=O)[nH]2)CC1. The molecule has 0 saturated carbocycles. The molecule has 3 rings (SSSR count). The quantitative estimate of drug-likeness (QED) is 0.863. The molecule has 1 aromatic carbocycles. The van der Waals surface area contributed by atoms with E-state index < -0.39 is 5.69 Å². The number of hydrogen-bond acceptors (Lipinski definition) is 4. The van der Waals surface area contributed by atoms with Crippen LogP contribution in [0.3, 0.4) is 0 Å². The summed E-state index contributed by atoms with van der Waals surface area (Å²) < 4.78 is 1.16. The maximum absolute atomic E-state index is 12.3. The van der Waals surface area contributed by atoms with Crippen LogP contribution in [0.1, 0.15) is 23.5 Å². The lowest BCUT2D eigenvalue weighted by Crippen LogP contribution is -2.39. The fourth-order valence-electron chi connectivity index (χ4n) is 2.27. The predicted molar refractivity (Wildman–Crippen MR) is 74.3 cm³/mol. The van der Waals surface area contributed by atoms with Crippen LogP contribution < -0.4 is 5.69 Å². The summed E-state index contributed by atoms with van der Waals surface area (Å²) in [6.45, 7) is 0.746. The number of carbonyl (C=O) groups excluding carboxylic acids is 2. The van der Waals surface area contributed by atoms with Gasteiger partial charge in [0.1, 0.15) is 5.78 Å². The molecule has 2 aromatic rings. The number of carbonyl (C=O) groups is 2. The summed E-state index contributed by atoms with van der Waals surface area (Å²) in [6.07, 6.45) is 0.713. The van der Waals surface area contributed by atoms with E-state index in [0.29, 0.717) is 31.6 Å². The molecule has 108 valence electrons. The highest BCUT2D eigenvalue weighted by atomic mass is 16.2. The number of nitrogens with one attached hydrogen (secondary N) is 1. The van der Waals surface area contributed by atoms with E-state index in [9.17, 15) is 14.4 Å². The minimum atomic E-state index is -0.461. The Hall–Kier alpha value is -2.70. The minimum Gasteiger partial charge on any atom is -0.335 e. The second kappa shape index (κ2) is 5.35. The molecule has 0 atom stereocenters. The van der Waals surface area contributed by atoms with Crippen molar-refractivity contribution in [3.8, 4) is 5.69 Å². The van der Waals surface area contributed by atoms with Gasteiger partial charge >= 0.3 is 5.69 Å². The number of rotatable bonds is 2. The Kier molecular flexibility index (Phi) is 3.39. The lowest BCUT2D eigenvalue weighted by Gasteiger charge is -2.24. The number of hydrogen-bond donors (Lipinski definition) is 1. The summed E-state index contributed by atoms with van der Waals surface area (Å²) in [5.41, 5.74) is 0.129. The summed E-state index contributed by atoms with van der Waals surface area (Å²) in [5.74, 6) is -0.199. The Bertz CT molecular complexity index is 722. The second-order valence-electron chi connectivity index (χ2n) is 4.86. The molecule has 0 bridgehead atoms. The standard InChI is InChI=1S/C14H14N4O3/c19-11-6-8-17(9-7-11)13(20)12-15-14(21)18(16-12)10-4-2-1-3-5-10/h1-5H,6-9H2,(H,15,16,21). The molecule has 2 heterocycles. The Balaban J connectivity index is 1.86. The average Bonchev–Trinajstić information content (AvgIpc) is 2.90. The molecule has 7 nitrogen and oxygen atoms in total. The summed E-state index contributed by atoms with van der Waals surface area (Å²) in [4.78, 5) is 39.4. The van der Waals surface area contributed by atoms with E-state index in [1.807, 2.05) is 6.07 Å². The molecule has 0 spiro atoms. The van der Waals surface area contributed by atoms with Crippen molar-refractivity contribution in [3.63, 3.8) is 0 Å². The molecule has 0 aliphatic carbocycles. The molecular formula is C14H14N4O3. The van der Waals surface area contributed by atoms with Gasteiger partial charge in [0.2, 0.25) is 5.82 Å². The van der Waals surface area contributed by atoms with Crippen molar-refractivity contribution in [1.29, 1.82) is 0 Å². The lowest BCUT2D eigenvalue weighted by atomic mass is 10.1. The van der Waals surface area contributed by atoms with E-state index >= 15 is 0 Å². The number of nitrogens with zero attached hydrogens (tertiary/aromatic N) is 3. The van der Waals surface area contributed by atoms with Crippen LogP contribution in [-0.4, -0.2) is 44.4 Å². The zero-order chi connectivity index (χ0) is 14.8. The van der Waals surface area contributed by atoms with Gasteiger partial charge in [-0.2, -0.15) is 4.68 Å². The summed E-state index contributed by atoms with van der Waals surface area (Å²) in [6, 6.07) is 8.87. The molecule has 1 aromatic heterocycles. The number of Topliss-reactive ketones (excluding diaryl/α,β-unsaturated/α-hetero) is 1. The third-order valence-corrected chi connectivity index (χ3v) is 3.43.